The van der Waals surface area contributed by atoms with E-state index in [2.05, 4.69) is 10.2 Å². The van der Waals surface area contributed by atoms with Crippen LogP contribution in [0.25, 0.3) is 0 Å². The summed E-state index contributed by atoms with van der Waals surface area (Å²) in [4.78, 5) is 17.0. The van der Waals surface area contributed by atoms with Crippen LogP contribution in [-0.4, -0.2) is 48.9 Å². The van der Waals surface area contributed by atoms with Gasteiger partial charge >= 0.3 is 0 Å². The molecule has 1 saturated heterocycles. The minimum atomic E-state index is 0.0983. The third-order valence-electron chi connectivity index (χ3n) is 4.73. The number of nitrogens with one attached hydrogen (secondary N) is 1. The summed E-state index contributed by atoms with van der Waals surface area (Å²) < 4.78 is 0. The molecule has 0 spiro atoms. The van der Waals surface area contributed by atoms with Crippen LogP contribution >= 0.6 is 23.2 Å². The van der Waals surface area contributed by atoms with Crippen LogP contribution in [0.15, 0.2) is 36.4 Å². The van der Waals surface area contributed by atoms with Crippen molar-refractivity contribution in [2.24, 2.45) is 0 Å². The maximum atomic E-state index is 12.8. The first kappa shape index (κ1) is 19.0. The second-order valence-corrected chi connectivity index (χ2v) is 7.50. The van der Waals surface area contributed by atoms with Gasteiger partial charge < -0.3 is 10.2 Å². The van der Waals surface area contributed by atoms with Crippen molar-refractivity contribution >= 4 is 34.8 Å². The highest BCUT2D eigenvalue weighted by atomic mass is 35.5. The molecule has 26 heavy (non-hydrogen) atoms. The van der Waals surface area contributed by atoms with Gasteiger partial charge in [0.2, 0.25) is 0 Å². The van der Waals surface area contributed by atoms with Crippen LogP contribution in [0.4, 0.5) is 5.69 Å². The molecule has 1 aliphatic heterocycles. The molecule has 0 unspecified atom stereocenters. The fourth-order valence-electron chi connectivity index (χ4n) is 3.33. The molecule has 2 aromatic rings. The van der Waals surface area contributed by atoms with E-state index in [1.165, 1.54) is 0 Å². The Bertz CT molecular complexity index is 781. The first-order chi connectivity index (χ1) is 12.5. The predicted octanol–water partition coefficient (Wildman–Crippen LogP) is 4.30. The van der Waals surface area contributed by atoms with Gasteiger partial charge in [0.05, 0.1) is 0 Å². The molecule has 3 rings (SSSR count). The maximum absolute atomic E-state index is 12.8. The maximum Gasteiger partial charge on any atom is 0.253 e. The van der Waals surface area contributed by atoms with Gasteiger partial charge in [-0.25, -0.2) is 0 Å². The second kappa shape index (κ2) is 8.30. The van der Waals surface area contributed by atoms with E-state index < -0.39 is 0 Å². The summed E-state index contributed by atoms with van der Waals surface area (Å²) in [5.74, 6) is 0.0983. The molecular formula is C20H23Cl2N3O. The number of benzene rings is 2. The lowest BCUT2D eigenvalue weighted by atomic mass is 10.1. The molecule has 0 aromatic heterocycles. The average Bonchev–Trinajstić information content (AvgIpc) is 2.61. The van der Waals surface area contributed by atoms with Crippen molar-refractivity contribution in [2.45, 2.75) is 13.5 Å². The van der Waals surface area contributed by atoms with Crippen LogP contribution in [-0.2, 0) is 6.54 Å². The number of amides is 1. The number of hydrogen-bond acceptors (Lipinski definition) is 3. The molecule has 2 aromatic carbocycles. The molecule has 4 nitrogen and oxygen atoms in total. The van der Waals surface area contributed by atoms with Crippen molar-refractivity contribution in [1.29, 1.82) is 0 Å². The van der Waals surface area contributed by atoms with E-state index in [0.717, 1.165) is 55.1 Å². The Morgan fingerprint density at radius 1 is 1.04 bits per heavy atom. The van der Waals surface area contributed by atoms with E-state index in [9.17, 15) is 4.79 Å². The fourth-order valence-corrected chi connectivity index (χ4v) is 3.90. The second-order valence-electron chi connectivity index (χ2n) is 6.63. The molecule has 0 saturated carbocycles. The summed E-state index contributed by atoms with van der Waals surface area (Å²) in [6.45, 7) is 5.92. The lowest BCUT2D eigenvalue weighted by Gasteiger charge is -2.35. The summed E-state index contributed by atoms with van der Waals surface area (Å²) in [5.41, 5.74) is 3.97. The van der Waals surface area contributed by atoms with Crippen LogP contribution in [0.3, 0.4) is 0 Å². The first-order valence-electron chi connectivity index (χ1n) is 8.71. The molecule has 0 atom stereocenters. The largest absolute Gasteiger partial charge is 0.388 e. The molecule has 1 amide bonds. The summed E-state index contributed by atoms with van der Waals surface area (Å²) >= 11 is 12.1. The minimum absolute atomic E-state index is 0.0983. The number of aryl methyl sites for hydroxylation is 1. The molecule has 6 heteroatoms. The van der Waals surface area contributed by atoms with Gasteiger partial charge in [0.1, 0.15) is 0 Å². The van der Waals surface area contributed by atoms with Gasteiger partial charge in [-0.2, -0.15) is 0 Å². The summed E-state index contributed by atoms with van der Waals surface area (Å²) in [5, 5.41) is 4.44. The Morgan fingerprint density at radius 3 is 2.27 bits per heavy atom. The highest BCUT2D eigenvalue weighted by Gasteiger charge is 2.22. The van der Waals surface area contributed by atoms with Crippen LogP contribution < -0.4 is 5.32 Å². The Hall–Kier alpha value is -1.75. The van der Waals surface area contributed by atoms with Crippen LogP contribution in [0.5, 0.6) is 0 Å². The van der Waals surface area contributed by atoms with Gasteiger partial charge in [0, 0.05) is 61.1 Å². The quantitative estimate of drug-likeness (QED) is 0.843. The number of halogens is 2. The van der Waals surface area contributed by atoms with Crippen molar-refractivity contribution < 1.29 is 4.79 Å². The standard InChI is InChI=1S/C20H23Cl2N3O/c1-14-9-16(3-4-19(14)23-2)20(26)25-7-5-24(6-8-25)13-15-10-17(21)12-18(22)11-15/h3-4,9-12,23H,5-8,13H2,1-2H3. The van der Waals surface area contributed by atoms with Crippen LogP contribution in [0.2, 0.25) is 10.0 Å². The highest BCUT2D eigenvalue weighted by molar-refractivity contribution is 6.34. The van der Waals surface area contributed by atoms with Crippen molar-refractivity contribution in [2.75, 3.05) is 38.5 Å². The van der Waals surface area contributed by atoms with Gasteiger partial charge in [0.15, 0.2) is 0 Å². The SMILES string of the molecule is CNc1ccc(C(=O)N2CCN(Cc3cc(Cl)cc(Cl)c3)CC2)cc1C. The molecule has 1 N–H and O–H groups in total. The van der Waals surface area contributed by atoms with E-state index >= 15 is 0 Å². The van der Waals surface area contributed by atoms with E-state index in [-0.39, 0.29) is 5.91 Å². The Labute approximate surface area is 164 Å². The number of hydrogen-bond donors (Lipinski definition) is 1. The highest BCUT2D eigenvalue weighted by Crippen LogP contribution is 2.21. The zero-order valence-electron chi connectivity index (χ0n) is 15.1. The first-order valence-corrected chi connectivity index (χ1v) is 9.47. The summed E-state index contributed by atoms with van der Waals surface area (Å²) in [6, 6.07) is 11.4. The molecule has 1 aliphatic rings. The zero-order chi connectivity index (χ0) is 18.7. The molecule has 0 aliphatic carbocycles. The summed E-state index contributed by atoms with van der Waals surface area (Å²) in [7, 11) is 1.89. The van der Waals surface area contributed by atoms with Gasteiger partial charge in [-0.1, -0.05) is 23.2 Å². The number of piperazine rings is 1. The monoisotopic (exact) mass is 391 g/mol. The Balaban J connectivity index is 1.59. The van der Waals surface area contributed by atoms with Gasteiger partial charge in [-0.3, -0.25) is 9.69 Å². The van der Waals surface area contributed by atoms with Crippen molar-refractivity contribution in [3.8, 4) is 0 Å². The van der Waals surface area contributed by atoms with Crippen molar-refractivity contribution in [1.82, 2.24) is 9.80 Å². The average molecular weight is 392 g/mol. The van der Waals surface area contributed by atoms with Crippen LogP contribution in [0.1, 0.15) is 21.5 Å². The number of carbonyl (C=O) groups is 1. The number of anilines is 1. The number of nitrogens with zero attached hydrogens (tertiary/aromatic N) is 2. The third kappa shape index (κ3) is 4.50. The smallest absolute Gasteiger partial charge is 0.253 e. The summed E-state index contributed by atoms with van der Waals surface area (Å²) in [6.07, 6.45) is 0. The van der Waals surface area contributed by atoms with E-state index in [4.69, 9.17) is 23.2 Å². The lowest BCUT2D eigenvalue weighted by molar-refractivity contribution is 0.0628. The molecule has 138 valence electrons. The zero-order valence-corrected chi connectivity index (χ0v) is 16.6. The topological polar surface area (TPSA) is 35.6 Å². The fraction of sp³-hybridized carbons (Fsp3) is 0.350. The van der Waals surface area contributed by atoms with Crippen molar-refractivity contribution in [3.63, 3.8) is 0 Å². The number of carbonyl (C=O) groups excluding carboxylic acids is 1. The predicted molar refractivity (Wildman–Crippen MR) is 108 cm³/mol. The van der Waals surface area contributed by atoms with E-state index in [1.807, 2.05) is 49.2 Å². The third-order valence-corrected chi connectivity index (χ3v) is 5.17. The number of rotatable bonds is 4. The lowest BCUT2D eigenvalue weighted by Crippen LogP contribution is -2.48. The Kier molecular flexibility index (Phi) is 6.07. The van der Waals surface area contributed by atoms with E-state index in [1.54, 1.807) is 6.07 Å². The molecule has 0 radical (unpaired) electrons. The molecular weight excluding hydrogens is 369 g/mol. The normalized spacial score (nSPS) is 15.2. The van der Waals surface area contributed by atoms with Crippen LogP contribution in [0, 0.1) is 6.92 Å². The van der Waals surface area contributed by atoms with Gasteiger partial charge in [-0.15, -0.1) is 0 Å². The van der Waals surface area contributed by atoms with Gasteiger partial charge in [-0.05, 0) is 54.4 Å². The van der Waals surface area contributed by atoms with E-state index in [0.29, 0.717) is 10.0 Å². The van der Waals surface area contributed by atoms with Crippen molar-refractivity contribution in [3.05, 3.63) is 63.1 Å². The Morgan fingerprint density at radius 2 is 1.69 bits per heavy atom. The van der Waals surface area contributed by atoms with Gasteiger partial charge in [0.25, 0.3) is 5.91 Å². The molecule has 0 bridgehead atoms. The minimum Gasteiger partial charge on any atom is -0.388 e. The molecule has 1 heterocycles. The molecule has 1 fully saturated rings.